The third kappa shape index (κ3) is 45.2. The van der Waals surface area contributed by atoms with Gasteiger partial charge < -0.3 is 20.3 Å². The van der Waals surface area contributed by atoms with Gasteiger partial charge in [0.2, 0.25) is 5.91 Å². The van der Waals surface area contributed by atoms with Crippen molar-refractivity contribution in [2.75, 3.05) is 6.61 Å². The standard InChI is InChI=1S/C57H97NO5/c1-4-7-10-13-16-19-22-25-27-29-31-33-36-39-42-45-48-53(63-57(62)50-47-44-41-38-35-30-24-21-18-15-12-9-6-3)51-56(61)58-54(52-59)55(60)49-46-43-40-37-34-32-28-26-23-20-17-14-11-8-5-2/h9-10,12-13,15-16,18-19,21-22,24-25,27,29,31,33,53-55,59-60H,4-8,11,14,17,20,23,26,28,30,32,34-52H2,1-3H3,(H,58,61)/b12-9+,13-10+,18-15+,19-16+,24-21-,25-22+,29-27+,33-31+. The summed E-state index contributed by atoms with van der Waals surface area (Å²) in [6.45, 7) is 6.24. The molecular weight excluding hydrogens is 779 g/mol. The molecule has 0 fully saturated rings. The second-order valence-electron chi connectivity index (χ2n) is 17.4. The van der Waals surface area contributed by atoms with Crippen molar-refractivity contribution < 1.29 is 24.5 Å². The zero-order valence-electron chi connectivity index (χ0n) is 40.9. The van der Waals surface area contributed by atoms with Crippen LogP contribution >= 0.6 is 0 Å². The molecule has 0 saturated carbocycles. The van der Waals surface area contributed by atoms with E-state index < -0.39 is 18.2 Å². The molecule has 0 spiro atoms. The number of aliphatic hydroxyl groups is 2. The molecule has 0 saturated heterocycles. The van der Waals surface area contributed by atoms with Gasteiger partial charge in [0.15, 0.2) is 0 Å². The van der Waals surface area contributed by atoms with E-state index in [9.17, 15) is 19.8 Å². The predicted octanol–water partition coefficient (Wildman–Crippen LogP) is 15.7. The van der Waals surface area contributed by atoms with Gasteiger partial charge >= 0.3 is 5.97 Å². The number of esters is 1. The second kappa shape index (κ2) is 49.8. The molecule has 6 heteroatoms. The molecule has 0 aliphatic carbocycles. The predicted molar refractivity (Wildman–Crippen MR) is 273 cm³/mol. The average molecular weight is 876 g/mol. The van der Waals surface area contributed by atoms with Gasteiger partial charge in [-0.2, -0.15) is 0 Å². The molecule has 0 bridgehead atoms. The van der Waals surface area contributed by atoms with Crippen LogP contribution in [0.1, 0.15) is 226 Å². The van der Waals surface area contributed by atoms with E-state index in [1.807, 2.05) is 36.5 Å². The lowest BCUT2D eigenvalue weighted by Gasteiger charge is -2.24. The van der Waals surface area contributed by atoms with Gasteiger partial charge in [-0.1, -0.05) is 246 Å². The number of rotatable bonds is 45. The third-order valence-electron chi connectivity index (χ3n) is 11.3. The first-order valence-electron chi connectivity index (χ1n) is 26.1. The Morgan fingerprint density at radius 2 is 0.889 bits per heavy atom. The summed E-state index contributed by atoms with van der Waals surface area (Å²) in [7, 11) is 0. The summed E-state index contributed by atoms with van der Waals surface area (Å²) in [6, 6.07) is -0.726. The van der Waals surface area contributed by atoms with Crippen molar-refractivity contribution >= 4 is 11.9 Å². The Bertz CT molecular complexity index is 1260. The summed E-state index contributed by atoms with van der Waals surface area (Å²) < 4.78 is 5.91. The maximum absolute atomic E-state index is 13.2. The number of carbonyl (C=O) groups is 2. The van der Waals surface area contributed by atoms with Crippen molar-refractivity contribution in [3.05, 3.63) is 97.2 Å². The summed E-state index contributed by atoms with van der Waals surface area (Å²) in [5.41, 5.74) is 0. The first-order chi connectivity index (χ1) is 31.0. The molecule has 0 aliphatic heterocycles. The molecule has 360 valence electrons. The van der Waals surface area contributed by atoms with Gasteiger partial charge in [0.25, 0.3) is 0 Å². The Hall–Kier alpha value is -3.22. The second-order valence-corrected chi connectivity index (χ2v) is 17.4. The Kier molecular flexibility index (Phi) is 47.2. The Labute approximate surface area is 388 Å². The highest BCUT2D eigenvalue weighted by molar-refractivity contribution is 5.77. The molecule has 63 heavy (non-hydrogen) atoms. The number of ether oxygens (including phenoxy) is 1. The molecular formula is C57H97NO5. The van der Waals surface area contributed by atoms with Crippen LogP contribution in [0.4, 0.5) is 0 Å². The number of unbranched alkanes of at least 4 members (excludes halogenated alkanes) is 23. The number of nitrogens with one attached hydrogen (secondary N) is 1. The highest BCUT2D eigenvalue weighted by atomic mass is 16.5. The normalized spacial score (nSPS) is 14.0. The maximum Gasteiger partial charge on any atom is 0.306 e. The molecule has 3 N–H and O–H groups in total. The minimum atomic E-state index is -0.809. The molecule has 0 aromatic heterocycles. The summed E-state index contributed by atoms with van der Waals surface area (Å²) >= 11 is 0. The minimum Gasteiger partial charge on any atom is -0.462 e. The van der Waals surface area contributed by atoms with Crippen LogP contribution in [-0.4, -0.2) is 46.9 Å². The van der Waals surface area contributed by atoms with Gasteiger partial charge in [-0.3, -0.25) is 9.59 Å². The van der Waals surface area contributed by atoms with Gasteiger partial charge in [-0.05, 0) is 64.2 Å². The first kappa shape index (κ1) is 59.8. The van der Waals surface area contributed by atoms with E-state index in [0.29, 0.717) is 19.3 Å². The Morgan fingerprint density at radius 3 is 1.38 bits per heavy atom. The fourth-order valence-electron chi connectivity index (χ4n) is 7.40. The highest BCUT2D eigenvalue weighted by Gasteiger charge is 2.24. The summed E-state index contributed by atoms with van der Waals surface area (Å²) in [6.07, 6.45) is 66.0. The van der Waals surface area contributed by atoms with Crippen LogP contribution in [0.15, 0.2) is 97.2 Å². The van der Waals surface area contributed by atoms with E-state index in [2.05, 4.69) is 86.8 Å². The molecule has 6 nitrogen and oxygen atoms in total. The third-order valence-corrected chi connectivity index (χ3v) is 11.3. The van der Waals surface area contributed by atoms with Gasteiger partial charge in [0, 0.05) is 6.42 Å². The molecule has 0 radical (unpaired) electrons. The fraction of sp³-hybridized carbons (Fsp3) is 0.684. The van der Waals surface area contributed by atoms with Crippen LogP contribution in [0, 0.1) is 0 Å². The van der Waals surface area contributed by atoms with Crippen LogP contribution in [0.3, 0.4) is 0 Å². The van der Waals surface area contributed by atoms with Crippen molar-refractivity contribution in [2.45, 2.75) is 244 Å². The number of hydrogen-bond donors (Lipinski definition) is 3. The smallest absolute Gasteiger partial charge is 0.306 e. The number of hydrogen-bond acceptors (Lipinski definition) is 5. The number of amides is 1. The average Bonchev–Trinajstić information content (AvgIpc) is 3.28. The van der Waals surface area contributed by atoms with Gasteiger partial charge in [-0.15, -0.1) is 0 Å². The first-order valence-corrected chi connectivity index (χ1v) is 26.1. The van der Waals surface area contributed by atoms with E-state index >= 15 is 0 Å². The van der Waals surface area contributed by atoms with Gasteiger partial charge in [0.1, 0.15) is 6.10 Å². The van der Waals surface area contributed by atoms with Crippen molar-refractivity contribution in [2.24, 2.45) is 0 Å². The molecule has 0 aliphatic rings. The molecule has 0 aromatic rings. The highest BCUT2D eigenvalue weighted by Crippen LogP contribution is 2.17. The lowest BCUT2D eigenvalue weighted by atomic mass is 10.0. The number of aliphatic hydroxyl groups excluding tert-OH is 2. The molecule has 3 unspecified atom stereocenters. The lowest BCUT2D eigenvalue weighted by Crippen LogP contribution is -2.46. The molecule has 0 aromatic carbocycles. The SMILES string of the molecule is CC/C=C/C=C/C=C\CCCCCCCC(=O)OC(CCCCC/C=C/C=C/C=C/C=C/C=C/CCC)CC(=O)NC(CO)C(O)CCCCCCCCCCCCCCCCC. The van der Waals surface area contributed by atoms with E-state index in [-0.39, 0.29) is 24.9 Å². The zero-order valence-corrected chi connectivity index (χ0v) is 40.9. The van der Waals surface area contributed by atoms with Crippen molar-refractivity contribution in [1.82, 2.24) is 5.32 Å². The van der Waals surface area contributed by atoms with E-state index in [1.54, 1.807) is 0 Å². The lowest BCUT2D eigenvalue weighted by molar-refractivity contribution is -0.151. The minimum absolute atomic E-state index is 0.0357. The largest absolute Gasteiger partial charge is 0.462 e. The van der Waals surface area contributed by atoms with Crippen LogP contribution in [-0.2, 0) is 14.3 Å². The van der Waals surface area contributed by atoms with Crippen LogP contribution in [0.5, 0.6) is 0 Å². The monoisotopic (exact) mass is 876 g/mol. The number of carbonyl (C=O) groups excluding carboxylic acids is 2. The van der Waals surface area contributed by atoms with Crippen LogP contribution in [0.25, 0.3) is 0 Å². The molecule has 0 rings (SSSR count). The van der Waals surface area contributed by atoms with Crippen LogP contribution in [0.2, 0.25) is 0 Å². The van der Waals surface area contributed by atoms with E-state index in [0.717, 1.165) is 96.3 Å². The molecule has 3 atom stereocenters. The fourth-order valence-corrected chi connectivity index (χ4v) is 7.40. The van der Waals surface area contributed by atoms with E-state index in [4.69, 9.17) is 4.74 Å². The summed E-state index contributed by atoms with van der Waals surface area (Å²) in [5, 5.41) is 23.8. The summed E-state index contributed by atoms with van der Waals surface area (Å²) in [5.74, 6) is -0.546. The van der Waals surface area contributed by atoms with Crippen molar-refractivity contribution in [3.63, 3.8) is 0 Å². The van der Waals surface area contributed by atoms with Crippen molar-refractivity contribution in [3.8, 4) is 0 Å². The molecule has 0 heterocycles. The topological polar surface area (TPSA) is 95.9 Å². The maximum atomic E-state index is 13.2. The Balaban J connectivity index is 4.71. The number of allylic oxidation sites excluding steroid dienone is 16. The van der Waals surface area contributed by atoms with E-state index in [1.165, 1.54) is 83.5 Å². The quantitative estimate of drug-likeness (QED) is 0.0322. The van der Waals surface area contributed by atoms with Gasteiger partial charge in [0.05, 0.1) is 25.2 Å². The Morgan fingerprint density at radius 1 is 0.476 bits per heavy atom. The summed E-state index contributed by atoms with van der Waals surface area (Å²) in [4.78, 5) is 26.1. The van der Waals surface area contributed by atoms with Gasteiger partial charge in [-0.25, -0.2) is 0 Å². The zero-order chi connectivity index (χ0) is 45.9. The van der Waals surface area contributed by atoms with Crippen molar-refractivity contribution in [1.29, 1.82) is 0 Å². The molecule has 1 amide bonds. The van der Waals surface area contributed by atoms with Crippen LogP contribution < -0.4 is 5.32 Å².